The Morgan fingerprint density at radius 3 is 2.62 bits per heavy atom. The molecule has 1 saturated heterocycles. The van der Waals surface area contributed by atoms with E-state index in [1.165, 1.54) is 32.2 Å². The van der Waals surface area contributed by atoms with Gasteiger partial charge >= 0.3 is 0 Å². The second-order valence-electron chi connectivity index (χ2n) is 4.83. The number of rotatable bonds is 2. The first kappa shape index (κ1) is 9.47. The molecule has 2 heteroatoms. The molecule has 2 aliphatic rings. The van der Waals surface area contributed by atoms with Crippen LogP contribution in [0.1, 0.15) is 32.6 Å². The van der Waals surface area contributed by atoms with Crippen LogP contribution in [-0.4, -0.2) is 24.3 Å². The van der Waals surface area contributed by atoms with E-state index in [-0.39, 0.29) is 0 Å². The van der Waals surface area contributed by atoms with Crippen LogP contribution in [0.2, 0.25) is 0 Å². The summed E-state index contributed by atoms with van der Waals surface area (Å²) in [6, 6.07) is 0.515. The molecule has 1 saturated carbocycles. The summed E-state index contributed by atoms with van der Waals surface area (Å²) in [5, 5.41) is 12.7. The van der Waals surface area contributed by atoms with Crippen LogP contribution in [0.15, 0.2) is 0 Å². The number of piperidine rings is 1. The lowest BCUT2D eigenvalue weighted by atomic mass is 9.70. The maximum Gasteiger partial charge on any atom is 0.0474 e. The van der Waals surface area contributed by atoms with Gasteiger partial charge in [-0.25, -0.2) is 0 Å². The lowest BCUT2D eigenvalue weighted by molar-refractivity contribution is 0.0871. The second-order valence-corrected chi connectivity index (χ2v) is 4.83. The Morgan fingerprint density at radius 2 is 2.08 bits per heavy atom. The van der Waals surface area contributed by atoms with E-state index in [4.69, 9.17) is 0 Å². The van der Waals surface area contributed by atoms with E-state index >= 15 is 0 Å². The number of hydrogen-bond donors (Lipinski definition) is 2. The summed E-state index contributed by atoms with van der Waals surface area (Å²) in [5.74, 6) is 2.32. The minimum atomic E-state index is 0.359. The average molecular weight is 183 g/mol. The van der Waals surface area contributed by atoms with E-state index in [0.29, 0.717) is 18.6 Å². The highest BCUT2D eigenvalue weighted by Gasteiger charge is 2.33. The molecule has 3 unspecified atom stereocenters. The molecule has 2 N–H and O–H groups in total. The van der Waals surface area contributed by atoms with Crippen LogP contribution in [0.25, 0.3) is 0 Å². The molecule has 2 nitrogen and oxygen atoms in total. The lowest BCUT2D eigenvalue weighted by Crippen LogP contribution is -2.47. The summed E-state index contributed by atoms with van der Waals surface area (Å²) in [6.45, 7) is 3.73. The zero-order chi connectivity index (χ0) is 9.26. The number of hydrogen-bond acceptors (Lipinski definition) is 2. The third-order valence-electron chi connectivity index (χ3n) is 4.07. The van der Waals surface area contributed by atoms with Gasteiger partial charge in [0.2, 0.25) is 0 Å². The van der Waals surface area contributed by atoms with Gasteiger partial charge in [-0.3, -0.25) is 0 Å². The monoisotopic (exact) mass is 183 g/mol. The molecule has 2 fully saturated rings. The highest BCUT2D eigenvalue weighted by Crippen LogP contribution is 2.38. The van der Waals surface area contributed by atoms with Crippen molar-refractivity contribution < 1.29 is 5.11 Å². The summed E-state index contributed by atoms with van der Waals surface area (Å²) in [5.41, 5.74) is 0. The summed E-state index contributed by atoms with van der Waals surface area (Å²) in [6.07, 6.45) is 5.54. The molecule has 0 aromatic rings. The fraction of sp³-hybridized carbons (Fsp3) is 1.00. The smallest absolute Gasteiger partial charge is 0.0474 e. The Labute approximate surface area is 80.7 Å². The first-order chi connectivity index (χ1) is 6.31. The molecular formula is C11H21NO. The quantitative estimate of drug-likeness (QED) is 0.678. The first-order valence-corrected chi connectivity index (χ1v) is 5.65. The van der Waals surface area contributed by atoms with Gasteiger partial charge < -0.3 is 10.4 Å². The maximum atomic E-state index is 9.21. The van der Waals surface area contributed by atoms with Crippen molar-refractivity contribution >= 4 is 0 Å². The van der Waals surface area contributed by atoms with Gasteiger partial charge in [-0.05, 0) is 37.6 Å². The average Bonchev–Trinajstić information content (AvgIpc) is 2.05. The maximum absolute atomic E-state index is 9.21. The van der Waals surface area contributed by atoms with Crippen molar-refractivity contribution in [2.75, 3.05) is 13.2 Å². The summed E-state index contributed by atoms with van der Waals surface area (Å²) in [4.78, 5) is 0. The minimum absolute atomic E-state index is 0.359. The standard InChI is InChI=1S/C11H21NO/c1-8-11(7-13)5-10(6-12-8)9-3-2-4-9/h8-13H,2-7H2,1H3. The van der Waals surface area contributed by atoms with E-state index in [1.807, 2.05) is 0 Å². The topological polar surface area (TPSA) is 32.3 Å². The van der Waals surface area contributed by atoms with Crippen LogP contribution >= 0.6 is 0 Å². The highest BCUT2D eigenvalue weighted by molar-refractivity contribution is 4.88. The number of nitrogens with one attached hydrogen (secondary N) is 1. The Bertz CT molecular complexity index is 167. The van der Waals surface area contributed by atoms with Gasteiger partial charge in [0.05, 0.1) is 0 Å². The van der Waals surface area contributed by atoms with Crippen LogP contribution in [0.5, 0.6) is 0 Å². The van der Waals surface area contributed by atoms with Crippen molar-refractivity contribution in [3.8, 4) is 0 Å². The van der Waals surface area contributed by atoms with Crippen molar-refractivity contribution in [2.45, 2.75) is 38.6 Å². The molecule has 0 bridgehead atoms. The zero-order valence-corrected chi connectivity index (χ0v) is 8.50. The molecule has 0 aromatic heterocycles. The Hall–Kier alpha value is -0.0800. The second kappa shape index (κ2) is 3.97. The molecule has 0 spiro atoms. The molecule has 0 aromatic carbocycles. The fourth-order valence-corrected chi connectivity index (χ4v) is 2.68. The molecule has 1 heterocycles. The Balaban J connectivity index is 1.86. The third kappa shape index (κ3) is 1.89. The molecule has 0 radical (unpaired) electrons. The lowest BCUT2D eigenvalue weighted by Gasteiger charge is -2.41. The van der Waals surface area contributed by atoms with Crippen LogP contribution in [-0.2, 0) is 0 Å². The van der Waals surface area contributed by atoms with Gasteiger partial charge in [-0.15, -0.1) is 0 Å². The van der Waals surface area contributed by atoms with Crippen molar-refractivity contribution in [1.29, 1.82) is 0 Å². The summed E-state index contributed by atoms with van der Waals surface area (Å²) in [7, 11) is 0. The van der Waals surface area contributed by atoms with Crippen LogP contribution in [0, 0.1) is 17.8 Å². The predicted molar refractivity (Wildman–Crippen MR) is 53.5 cm³/mol. The summed E-state index contributed by atoms with van der Waals surface area (Å²) < 4.78 is 0. The van der Waals surface area contributed by atoms with Crippen LogP contribution in [0.3, 0.4) is 0 Å². The number of aliphatic hydroxyl groups excluding tert-OH is 1. The Kier molecular flexibility index (Phi) is 2.89. The van der Waals surface area contributed by atoms with Crippen molar-refractivity contribution in [1.82, 2.24) is 5.32 Å². The summed E-state index contributed by atoms with van der Waals surface area (Å²) >= 11 is 0. The molecular weight excluding hydrogens is 162 g/mol. The molecule has 76 valence electrons. The van der Waals surface area contributed by atoms with Crippen molar-refractivity contribution in [2.24, 2.45) is 17.8 Å². The van der Waals surface area contributed by atoms with Gasteiger partial charge in [0.1, 0.15) is 0 Å². The van der Waals surface area contributed by atoms with Gasteiger partial charge in [0.25, 0.3) is 0 Å². The van der Waals surface area contributed by atoms with Gasteiger partial charge in [0, 0.05) is 12.6 Å². The van der Waals surface area contributed by atoms with E-state index in [1.54, 1.807) is 0 Å². The zero-order valence-electron chi connectivity index (χ0n) is 8.50. The fourth-order valence-electron chi connectivity index (χ4n) is 2.68. The van der Waals surface area contributed by atoms with Crippen LogP contribution in [0.4, 0.5) is 0 Å². The van der Waals surface area contributed by atoms with Gasteiger partial charge in [0.15, 0.2) is 0 Å². The van der Waals surface area contributed by atoms with Crippen LogP contribution < -0.4 is 5.32 Å². The minimum Gasteiger partial charge on any atom is -0.396 e. The normalized spacial score (nSPS) is 41.5. The third-order valence-corrected chi connectivity index (χ3v) is 4.07. The molecule has 3 atom stereocenters. The van der Waals surface area contributed by atoms with Gasteiger partial charge in [-0.2, -0.15) is 0 Å². The highest BCUT2D eigenvalue weighted by atomic mass is 16.3. The molecule has 0 amide bonds. The Morgan fingerprint density at radius 1 is 1.31 bits per heavy atom. The first-order valence-electron chi connectivity index (χ1n) is 5.65. The molecule has 1 aliphatic carbocycles. The van der Waals surface area contributed by atoms with E-state index in [2.05, 4.69) is 12.2 Å². The van der Waals surface area contributed by atoms with E-state index in [0.717, 1.165) is 11.8 Å². The van der Waals surface area contributed by atoms with Crippen molar-refractivity contribution in [3.05, 3.63) is 0 Å². The predicted octanol–water partition coefficient (Wildman–Crippen LogP) is 1.39. The van der Waals surface area contributed by atoms with E-state index < -0.39 is 0 Å². The molecule has 13 heavy (non-hydrogen) atoms. The SMILES string of the molecule is CC1NCC(C2CCC2)CC1CO. The number of aliphatic hydroxyl groups is 1. The van der Waals surface area contributed by atoms with Gasteiger partial charge in [-0.1, -0.05) is 19.3 Å². The van der Waals surface area contributed by atoms with Crippen molar-refractivity contribution in [3.63, 3.8) is 0 Å². The molecule has 1 aliphatic heterocycles. The van der Waals surface area contributed by atoms with E-state index in [9.17, 15) is 5.11 Å². The largest absolute Gasteiger partial charge is 0.396 e. The molecule has 2 rings (SSSR count).